The minimum absolute atomic E-state index is 0.364. The molecule has 0 saturated heterocycles. The van der Waals surface area contributed by atoms with Crippen LogP contribution in [0.15, 0.2) is 30.6 Å². The Morgan fingerprint density at radius 1 is 1.29 bits per heavy atom. The van der Waals surface area contributed by atoms with Gasteiger partial charge in [-0.2, -0.15) is 0 Å². The second kappa shape index (κ2) is 6.18. The fourth-order valence-corrected chi connectivity index (χ4v) is 2.76. The van der Waals surface area contributed by atoms with E-state index in [0.29, 0.717) is 18.0 Å². The van der Waals surface area contributed by atoms with E-state index in [2.05, 4.69) is 20.3 Å². The van der Waals surface area contributed by atoms with Crippen LogP contribution >= 0.6 is 0 Å². The molecule has 2 aromatic heterocycles. The molecule has 5 nitrogen and oxygen atoms in total. The van der Waals surface area contributed by atoms with Crippen LogP contribution in [-0.2, 0) is 4.74 Å². The highest BCUT2D eigenvalue weighted by Crippen LogP contribution is 2.25. The van der Waals surface area contributed by atoms with Crippen molar-refractivity contribution < 1.29 is 4.74 Å². The zero-order valence-electron chi connectivity index (χ0n) is 12.4. The number of methoxy groups -OCH3 is 1. The van der Waals surface area contributed by atoms with Crippen molar-refractivity contribution in [2.24, 2.45) is 0 Å². The van der Waals surface area contributed by atoms with E-state index >= 15 is 0 Å². The lowest BCUT2D eigenvalue weighted by atomic mass is 10.2. The van der Waals surface area contributed by atoms with Crippen LogP contribution in [0.2, 0.25) is 0 Å². The molecule has 2 heterocycles. The molecular weight excluding hydrogens is 264 g/mol. The number of aromatic nitrogens is 3. The Kier molecular flexibility index (Phi) is 4.10. The van der Waals surface area contributed by atoms with Gasteiger partial charge in [-0.3, -0.25) is 4.98 Å². The normalized spacial score (nSPS) is 21.4. The number of nitrogens with one attached hydrogen (secondary N) is 1. The maximum Gasteiger partial charge on any atom is 0.163 e. The van der Waals surface area contributed by atoms with E-state index in [-0.39, 0.29) is 0 Å². The van der Waals surface area contributed by atoms with Crippen LogP contribution < -0.4 is 5.32 Å². The topological polar surface area (TPSA) is 59.9 Å². The van der Waals surface area contributed by atoms with Crippen molar-refractivity contribution in [1.82, 2.24) is 15.0 Å². The minimum Gasteiger partial charge on any atom is -0.381 e. The molecule has 1 N–H and O–H groups in total. The summed E-state index contributed by atoms with van der Waals surface area (Å²) in [6, 6.07) is 6.28. The van der Waals surface area contributed by atoms with Gasteiger partial charge in [0.25, 0.3) is 0 Å². The second-order valence-electron chi connectivity index (χ2n) is 5.47. The van der Waals surface area contributed by atoms with E-state index in [1.54, 1.807) is 19.5 Å². The van der Waals surface area contributed by atoms with Gasteiger partial charge in [-0.05, 0) is 38.3 Å². The molecule has 110 valence electrons. The van der Waals surface area contributed by atoms with Crippen LogP contribution in [0.1, 0.15) is 25.0 Å². The van der Waals surface area contributed by atoms with Gasteiger partial charge in [-0.25, -0.2) is 9.97 Å². The average Bonchev–Trinajstić information content (AvgIpc) is 2.95. The number of anilines is 1. The summed E-state index contributed by atoms with van der Waals surface area (Å²) in [5.41, 5.74) is 1.89. The van der Waals surface area contributed by atoms with Crippen LogP contribution in [-0.4, -0.2) is 34.2 Å². The van der Waals surface area contributed by atoms with E-state index in [4.69, 9.17) is 4.74 Å². The quantitative estimate of drug-likeness (QED) is 0.935. The van der Waals surface area contributed by atoms with E-state index < -0.39 is 0 Å². The molecule has 0 amide bonds. The van der Waals surface area contributed by atoms with Gasteiger partial charge >= 0.3 is 0 Å². The van der Waals surface area contributed by atoms with Crippen molar-refractivity contribution in [3.8, 4) is 11.4 Å². The van der Waals surface area contributed by atoms with E-state index in [1.165, 1.54) is 0 Å². The number of ether oxygens (including phenoxy) is 1. The van der Waals surface area contributed by atoms with Gasteiger partial charge in [0.1, 0.15) is 5.82 Å². The summed E-state index contributed by atoms with van der Waals surface area (Å²) in [4.78, 5) is 13.2. The van der Waals surface area contributed by atoms with Crippen LogP contribution in [0.5, 0.6) is 0 Å². The van der Waals surface area contributed by atoms with Crippen LogP contribution in [0.3, 0.4) is 0 Å². The lowest BCUT2D eigenvalue weighted by Crippen LogP contribution is -2.18. The highest BCUT2D eigenvalue weighted by molar-refractivity contribution is 5.56. The van der Waals surface area contributed by atoms with E-state index in [0.717, 1.165) is 36.3 Å². The number of hydrogen-bond acceptors (Lipinski definition) is 5. The second-order valence-corrected chi connectivity index (χ2v) is 5.47. The van der Waals surface area contributed by atoms with Gasteiger partial charge in [0, 0.05) is 42.9 Å². The molecule has 1 aliphatic carbocycles. The summed E-state index contributed by atoms with van der Waals surface area (Å²) in [7, 11) is 1.78. The predicted octanol–water partition coefficient (Wildman–Crippen LogP) is 2.83. The molecule has 0 bridgehead atoms. The number of aryl methyl sites for hydroxylation is 1. The third-order valence-corrected chi connectivity index (χ3v) is 3.84. The van der Waals surface area contributed by atoms with Crippen molar-refractivity contribution in [2.45, 2.75) is 38.3 Å². The molecule has 1 fully saturated rings. The summed E-state index contributed by atoms with van der Waals surface area (Å²) in [5, 5.41) is 3.50. The Hall–Kier alpha value is -2.01. The molecule has 1 aliphatic rings. The zero-order valence-corrected chi connectivity index (χ0v) is 12.4. The maximum atomic E-state index is 5.41. The van der Waals surface area contributed by atoms with Gasteiger partial charge in [0.05, 0.1) is 6.10 Å². The molecule has 5 heteroatoms. The van der Waals surface area contributed by atoms with Gasteiger partial charge in [0.2, 0.25) is 0 Å². The summed E-state index contributed by atoms with van der Waals surface area (Å²) in [6.45, 7) is 1.99. The first-order chi connectivity index (χ1) is 10.2. The van der Waals surface area contributed by atoms with Crippen molar-refractivity contribution in [3.05, 3.63) is 36.3 Å². The standard InChI is InChI=1S/C16H20N4O/c1-11-8-15(19-13-5-6-14(9-13)21-2)20-16(18-11)12-4-3-7-17-10-12/h3-4,7-8,10,13-14H,5-6,9H2,1-2H3,(H,18,19,20). The summed E-state index contributed by atoms with van der Waals surface area (Å²) in [6.07, 6.45) is 7.15. The third kappa shape index (κ3) is 3.36. The number of hydrogen-bond donors (Lipinski definition) is 1. The summed E-state index contributed by atoms with van der Waals surface area (Å²) >= 11 is 0. The van der Waals surface area contributed by atoms with Crippen molar-refractivity contribution in [1.29, 1.82) is 0 Å². The van der Waals surface area contributed by atoms with Gasteiger partial charge in [0.15, 0.2) is 5.82 Å². The van der Waals surface area contributed by atoms with Crippen LogP contribution in [0.25, 0.3) is 11.4 Å². The highest BCUT2D eigenvalue weighted by atomic mass is 16.5. The van der Waals surface area contributed by atoms with Crippen molar-refractivity contribution in [2.75, 3.05) is 12.4 Å². The molecule has 0 aliphatic heterocycles. The Balaban J connectivity index is 1.79. The molecule has 3 rings (SSSR count). The smallest absolute Gasteiger partial charge is 0.163 e. The predicted molar refractivity (Wildman–Crippen MR) is 82.1 cm³/mol. The van der Waals surface area contributed by atoms with Crippen LogP contribution in [0.4, 0.5) is 5.82 Å². The van der Waals surface area contributed by atoms with Crippen LogP contribution in [0, 0.1) is 6.92 Å². The Morgan fingerprint density at radius 2 is 2.19 bits per heavy atom. The number of pyridine rings is 1. The molecule has 0 spiro atoms. The van der Waals surface area contributed by atoms with Crippen molar-refractivity contribution >= 4 is 5.82 Å². The highest BCUT2D eigenvalue weighted by Gasteiger charge is 2.24. The van der Waals surface area contributed by atoms with Gasteiger partial charge in [-0.1, -0.05) is 0 Å². The number of rotatable bonds is 4. The summed E-state index contributed by atoms with van der Waals surface area (Å²) in [5.74, 6) is 1.59. The molecule has 0 aromatic carbocycles. The number of nitrogens with zero attached hydrogens (tertiary/aromatic N) is 3. The first kappa shape index (κ1) is 13.9. The fourth-order valence-electron chi connectivity index (χ4n) is 2.76. The lowest BCUT2D eigenvalue weighted by Gasteiger charge is -2.14. The fraction of sp³-hybridized carbons (Fsp3) is 0.438. The zero-order chi connectivity index (χ0) is 14.7. The first-order valence-corrected chi connectivity index (χ1v) is 7.30. The molecule has 0 radical (unpaired) electrons. The van der Waals surface area contributed by atoms with E-state index in [9.17, 15) is 0 Å². The average molecular weight is 284 g/mol. The van der Waals surface area contributed by atoms with Gasteiger partial charge in [-0.15, -0.1) is 0 Å². The molecule has 2 atom stereocenters. The first-order valence-electron chi connectivity index (χ1n) is 7.30. The largest absolute Gasteiger partial charge is 0.381 e. The Bertz CT molecular complexity index is 602. The Labute approximate surface area is 124 Å². The third-order valence-electron chi connectivity index (χ3n) is 3.84. The lowest BCUT2D eigenvalue weighted by molar-refractivity contribution is 0.108. The molecule has 21 heavy (non-hydrogen) atoms. The van der Waals surface area contributed by atoms with Gasteiger partial charge < -0.3 is 10.1 Å². The van der Waals surface area contributed by atoms with Crippen molar-refractivity contribution in [3.63, 3.8) is 0 Å². The maximum absolute atomic E-state index is 5.41. The Morgan fingerprint density at radius 3 is 2.90 bits per heavy atom. The SMILES string of the molecule is COC1CCC(Nc2cc(C)nc(-c3cccnc3)n2)C1. The minimum atomic E-state index is 0.364. The molecular formula is C16H20N4O. The molecule has 1 saturated carbocycles. The molecule has 2 unspecified atom stereocenters. The van der Waals surface area contributed by atoms with E-state index in [1.807, 2.05) is 25.1 Å². The summed E-state index contributed by atoms with van der Waals surface area (Å²) < 4.78 is 5.41. The monoisotopic (exact) mass is 284 g/mol. The molecule has 2 aromatic rings.